The average molecular weight is 400 g/mol. The number of rotatable bonds is 6. The number of nitrogens with one attached hydrogen (secondary N) is 1. The molecular formula is C21H22ClN3OS. The van der Waals surface area contributed by atoms with Crippen molar-refractivity contribution >= 4 is 34.3 Å². The van der Waals surface area contributed by atoms with Gasteiger partial charge in [0.1, 0.15) is 5.75 Å². The van der Waals surface area contributed by atoms with Crippen molar-refractivity contribution in [1.29, 1.82) is 0 Å². The Kier molecular flexibility index (Phi) is 6.14. The first-order valence-electron chi connectivity index (χ1n) is 8.71. The van der Waals surface area contributed by atoms with Crippen molar-refractivity contribution in [1.82, 2.24) is 4.98 Å². The van der Waals surface area contributed by atoms with Gasteiger partial charge in [-0.15, -0.1) is 11.3 Å². The van der Waals surface area contributed by atoms with Crippen molar-refractivity contribution in [3.63, 3.8) is 0 Å². The van der Waals surface area contributed by atoms with Gasteiger partial charge in [-0.2, -0.15) is 5.10 Å². The van der Waals surface area contributed by atoms with E-state index in [0.717, 1.165) is 22.0 Å². The fraction of sp³-hybridized carbons (Fsp3) is 0.238. The molecule has 0 bridgehead atoms. The van der Waals surface area contributed by atoms with Gasteiger partial charge in [-0.05, 0) is 57.0 Å². The number of aromatic nitrogens is 1. The number of hydrogen-bond donors (Lipinski definition) is 1. The van der Waals surface area contributed by atoms with Crippen LogP contribution in [0.1, 0.15) is 30.5 Å². The Hall–Kier alpha value is -2.37. The van der Waals surface area contributed by atoms with Crippen molar-refractivity contribution in [2.75, 3.05) is 5.43 Å². The van der Waals surface area contributed by atoms with Crippen LogP contribution < -0.4 is 10.2 Å². The van der Waals surface area contributed by atoms with Gasteiger partial charge in [0.05, 0.1) is 23.0 Å². The summed E-state index contributed by atoms with van der Waals surface area (Å²) in [5.41, 5.74) is 8.42. The summed E-state index contributed by atoms with van der Waals surface area (Å²) in [6.07, 6.45) is 1.79. The molecule has 0 fully saturated rings. The number of hydrogen-bond acceptors (Lipinski definition) is 5. The van der Waals surface area contributed by atoms with E-state index in [1.165, 1.54) is 22.5 Å². The van der Waals surface area contributed by atoms with Crippen LogP contribution in [-0.2, 0) is 0 Å². The lowest BCUT2D eigenvalue weighted by Gasteiger charge is -2.11. The number of anilines is 1. The molecule has 0 amide bonds. The summed E-state index contributed by atoms with van der Waals surface area (Å²) in [6.45, 7) is 8.13. The number of ether oxygens (including phenoxy) is 1. The fourth-order valence-corrected chi connectivity index (χ4v) is 3.55. The summed E-state index contributed by atoms with van der Waals surface area (Å²) >= 11 is 7.77. The van der Waals surface area contributed by atoms with Crippen LogP contribution in [-0.4, -0.2) is 17.3 Å². The van der Waals surface area contributed by atoms with E-state index in [4.69, 9.17) is 16.3 Å². The van der Waals surface area contributed by atoms with E-state index in [-0.39, 0.29) is 6.10 Å². The second kappa shape index (κ2) is 8.55. The zero-order valence-electron chi connectivity index (χ0n) is 15.8. The van der Waals surface area contributed by atoms with Crippen LogP contribution in [0.2, 0.25) is 5.02 Å². The molecule has 6 heteroatoms. The molecule has 0 aliphatic heterocycles. The van der Waals surface area contributed by atoms with Crippen LogP contribution in [0.3, 0.4) is 0 Å². The molecule has 0 saturated carbocycles. The Morgan fingerprint density at radius 2 is 2.00 bits per heavy atom. The topological polar surface area (TPSA) is 46.5 Å². The summed E-state index contributed by atoms with van der Waals surface area (Å²) in [5.74, 6) is 0.676. The monoisotopic (exact) mass is 399 g/mol. The highest BCUT2D eigenvalue weighted by Gasteiger charge is 2.07. The SMILES string of the molecule is Cc1ccc(-c2csc(N/N=C\c3ccc(OC(C)C)c(Cl)c3)n2)c(C)c1. The Bertz CT molecular complexity index is 966. The number of halogens is 1. The second-order valence-electron chi connectivity index (χ2n) is 6.58. The molecule has 3 aromatic rings. The van der Waals surface area contributed by atoms with Crippen LogP contribution in [0.25, 0.3) is 11.3 Å². The molecule has 0 unspecified atom stereocenters. The molecule has 0 aliphatic carbocycles. The molecule has 1 N–H and O–H groups in total. The maximum atomic E-state index is 6.25. The Morgan fingerprint density at radius 3 is 2.70 bits per heavy atom. The van der Waals surface area contributed by atoms with Crippen molar-refractivity contribution in [3.8, 4) is 17.0 Å². The molecule has 0 saturated heterocycles. The standard InChI is InChI=1S/C21H22ClN3OS/c1-13(2)26-20-8-6-16(10-18(20)22)11-23-25-21-24-19(12-27-21)17-7-5-14(3)9-15(17)4/h5-13H,1-4H3,(H,24,25)/b23-11-. The molecule has 0 aliphatic rings. The minimum atomic E-state index is 0.0833. The predicted octanol–water partition coefficient (Wildman–Crippen LogP) is 6.31. The maximum Gasteiger partial charge on any atom is 0.203 e. The Morgan fingerprint density at radius 1 is 1.19 bits per heavy atom. The van der Waals surface area contributed by atoms with Gasteiger partial charge in [0.2, 0.25) is 5.13 Å². The first-order chi connectivity index (χ1) is 12.9. The quantitative estimate of drug-likeness (QED) is 0.390. The van der Waals surface area contributed by atoms with Gasteiger partial charge in [0.25, 0.3) is 0 Å². The minimum absolute atomic E-state index is 0.0833. The van der Waals surface area contributed by atoms with E-state index in [9.17, 15) is 0 Å². The maximum absolute atomic E-state index is 6.25. The lowest BCUT2D eigenvalue weighted by Crippen LogP contribution is -2.05. The molecule has 0 atom stereocenters. The molecule has 2 aromatic carbocycles. The van der Waals surface area contributed by atoms with Crippen LogP contribution in [0, 0.1) is 13.8 Å². The highest BCUT2D eigenvalue weighted by molar-refractivity contribution is 7.14. The lowest BCUT2D eigenvalue weighted by atomic mass is 10.0. The van der Waals surface area contributed by atoms with E-state index >= 15 is 0 Å². The van der Waals surface area contributed by atoms with Crippen molar-refractivity contribution in [3.05, 3.63) is 63.5 Å². The van der Waals surface area contributed by atoms with E-state index < -0.39 is 0 Å². The van der Waals surface area contributed by atoms with Gasteiger partial charge in [-0.3, -0.25) is 5.43 Å². The molecule has 1 heterocycles. The Balaban J connectivity index is 1.67. The van der Waals surface area contributed by atoms with E-state index in [2.05, 4.69) is 47.6 Å². The Labute approximate surface area is 168 Å². The molecule has 0 radical (unpaired) electrons. The molecule has 3 rings (SSSR count). The van der Waals surface area contributed by atoms with Gasteiger partial charge >= 0.3 is 0 Å². The average Bonchev–Trinajstić information content (AvgIpc) is 3.05. The summed E-state index contributed by atoms with van der Waals surface area (Å²) in [4.78, 5) is 4.61. The van der Waals surface area contributed by atoms with Crippen LogP contribution in [0.4, 0.5) is 5.13 Å². The van der Waals surface area contributed by atoms with Crippen molar-refractivity contribution in [2.45, 2.75) is 33.8 Å². The number of thiazole rings is 1. The van der Waals surface area contributed by atoms with Gasteiger partial charge in [0.15, 0.2) is 0 Å². The van der Waals surface area contributed by atoms with E-state index in [0.29, 0.717) is 10.8 Å². The number of benzene rings is 2. The molecule has 1 aromatic heterocycles. The fourth-order valence-electron chi connectivity index (χ4n) is 2.66. The highest BCUT2D eigenvalue weighted by Crippen LogP contribution is 2.28. The summed E-state index contributed by atoms with van der Waals surface area (Å²) in [5, 5.41) is 7.60. The van der Waals surface area contributed by atoms with E-state index in [1.54, 1.807) is 6.21 Å². The smallest absolute Gasteiger partial charge is 0.203 e. The number of hydrazone groups is 1. The highest BCUT2D eigenvalue weighted by atomic mass is 35.5. The molecule has 4 nitrogen and oxygen atoms in total. The van der Waals surface area contributed by atoms with Crippen molar-refractivity contribution in [2.24, 2.45) is 5.10 Å². The summed E-state index contributed by atoms with van der Waals surface area (Å²) in [6, 6.07) is 12.0. The summed E-state index contributed by atoms with van der Waals surface area (Å²) in [7, 11) is 0. The molecule has 27 heavy (non-hydrogen) atoms. The second-order valence-corrected chi connectivity index (χ2v) is 7.85. The molecular weight excluding hydrogens is 378 g/mol. The zero-order valence-corrected chi connectivity index (χ0v) is 17.4. The minimum Gasteiger partial charge on any atom is -0.489 e. The third kappa shape index (κ3) is 5.08. The first kappa shape index (κ1) is 19.4. The third-order valence-electron chi connectivity index (χ3n) is 3.85. The van der Waals surface area contributed by atoms with Gasteiger partial charge < -0.3 is 4.74 Å². The van der Waals surface area contributed by atoms with Gasteiger partial charge in [-0.25, -0.2) is 4.98 Å². The third-order valence-corrected chi connectivity index (χ3v) is 4.90. The van der Waals surface area contributed by atoms with Gasteiger partial charge in [0, 0.05) is 10.9 Å². The normalized spacial score (nSPS) is 11.3. The van der Waals surface area contributed by atoms with E-state index in [1.807, 2.05) is 37.4 Å². The zero-order chi connectivity index (χ0) is 19.4. The van der Waals surface area contributed by atoms with Crippen LogP contribution in [0.15, 0.2) is 46.9 Å². The van der Waals surface area contributed by atoms with Crippen LogP contribution >= 0.6 is 22.9 Å². The lowest BCUT2D eigenvalue weighted by molar-refractivity contribution is 0.242. The summed E-state index contributed by atoms with van der Waals surface area (Å²) < 4.78 is 5.64. The number of aryl methyl sites for hydroxylation is 2. The van der Waals surface area contributed by atoms with Crippen molar-refractivity contribution < 1.29 is 4.74 Å². The van der Waals surface area contributed by atoms with Crippen LogP contribution in [0.5, 0.6) is 5.75 Å². The first-order valence-corrected chi connectivity index (χ1v) is 9.96. The number of nitrogens with zero attached hydrogens (tertiary/aromatic N) is 2. The predicted molar refractivity (Wildman–Crippen MR) is 115 cm³/mol. The molecule has 140 valence electrons. The largest absolute Gasteiger partial charge is 0.489 e. The molecule has 0 spiro atoms. The van der Waals surface area contributed by atoms with Gasteiger partial charge in [-0.1, -0.05) is 35.4 Å².